The van der Waals surface area contributed by atoms with Crippen molar-refractivity contribution in [3.05, 3.63) is 24.3 Å². The molecule has 0 aromatic heterocycles. The molecule has 1 aliphatic rings. The van der Waals surface area contributed by atoms with Gasteiger partial charge in [-0.2, -0.15) is 0 Å². The van der Waals surface area contributed by atoms with Gasteiger partial charge in [0.25, 0.3) is 0 Å². The van der Waals surface area contributed by atoms with Gasteiger partial charge in [-0.15, -0.1) is 12.3 Å². The highest BCUT2D eigenvalue weighted by Gasteiger charge is 2.20. The maximum Gasteiger partial charge on any atom is 0.0859 e. The highest BCUT2D eigenvalue weighted by molar-refractivity contribution is 5.67. The van der Waals surface area contributed by atoms with Crippen LogP contribution in [0.1, 0.15) is 6.42 Å². The number of hydrogen-bond donors (Lipinski definition) is 1. The monoisotopic (exact) mass is 216 g/mol. The lowest BCUT2D eigenvalue weighted by molar-refractivity contribution is 0.0442. The molecule has 1 aromatic rings. The molecule has 0 bridgehead atoms. The van der Waals surface area contributed by atoms with Gasteiger partial charge in [0.05, 0.1) is 24.1 Å². The molecule has 2 N–H and O–H groups in total. The number of terminal acetylenes is 1. The van der Waals surface area contributed by atoms with Crippen molar-refractivity contribution in [3.8, 4) is 12.3 Å². The zero-order chi connectivity index (χ0) is 11.4. The normalized spacial score (nSPS) is 20.4. The molecule has 0 amide bonds. The second-order valence-corrected chi connectivity index (χ2v) is 3.91. The first kappa shape index (κ1) is 10.8. The van der Waals surface area contributed by atoms with E-state index in [1.807, 2.05) is 24.3 Å². The molecule has 0 radical (unpaired) electrons. The SMILES string of the molecule is C#CCC1CN(c2ccccc2N)CCO1. The Bertz CT molecular complexity index is 397. The van der Waals surface area contributed by atoms with Gasteiger partial charge in [0.15, 0.2) is 0 Å². The lowest BCUT2D eigenvalue weighted by Crippen LogP contribution is -2.42. The second-order valence-electron chi connectivity index (χ2n) is 3.91. The van der Waals surface area contributed by atoms with Gasteiger partial charge >= 0.3 is 0 Å². The molecule has 1 saturated heterocycles. The van der Waals surface area contributed by atoms with E-state index in [2.05, 4.69) is 10.8 Å². The number of nitrogen functional groups attached to an aromatic ring is 1. The van der Waals surface area contributed by atoms with Crippen molar-refractivity contribution in [1.82, 2.24) is 0 Å². The van der Waals surface area contributed by atoms with E-state index in [0.29, 0.717) is 13.0 Å². The average molecular weight is 216 g/mol. The Morgan fingerprint density at radius 2 is 2.31 bits per heavy atom. The molecule has 3 heteroatoms. The highest BCUT2D eigenvalue weighted by Crippen LogP contribution is 2.24. The fourth-order valence-electron chi connectivity index (χ4n) is 1.97. The van der Waals surface area contributed by atoms with Crippen molar-refractivity contribution in [3.63, 3.8) is 0 Å². The Kier molecular flexibility index (Phi) is 3.33. The van der Waals surface area contributed by atoms with E-state index >= 15 is 0 Å². The van der Waals surface area contributed by atoms with Gasteiger partial charge in [0.1, 0.15) is 0 Å². The van der Waals surface area contributed by atoms with E-state index < -0.39 is 0 Å². The molecule has 0 saturated carbocycles. The largest absolute Gasteiger partial charge is 0.397 e. The van der Waals surface area contributed by atoms with Crippen LogP contribution in [-0.4, -0.2) is 25.8 Å². The minimum atomic E-state index is 0.123. The number of hydrogen-bond acceptors (Lipinski definition) is 3. The molecule has 1 heterocycles. The lowest BCUT2D eigenvalue weighted by atomic mass is 10.1. The summed E-state index contributed by atoms with van der Waals surface area (Å²) in [4.78, 5) is 2.24. The van der Waals surface area contributed by atoms with Gasteiger partial charge in [-0.05, 0) is 12.1 Å². The fraction of sp³-hybridized carbons (Fsp3) is 0.385. The van der Waals surface area contributed by atoms with Crippen LogP contribution in [0.5, 0.6) is 0 Å². The molecule has 1 atom stereocenters. The summed E-state index contributed by atoms with van der Waals surface area (Å²) in [5.41, 5.74) is 7.83. The molecule has 16 heavy (non-hydrogen) atoms. The van der Waals surface area contributed by atoms with E-state index in [4.69, 9.17) is 16.9 Å². The zero-order valence-electron chi connectivity index (χ0n) is 9.23. The Labute approximate surface area is 96.2 Å². The van der Waals surface area contributed by atoms with Crippen molar-refractivity contribution in [2.24, 2.45) is 0 Å². The molecule has 84 valence electrons. The minimum Gasteiger partial charge on any atom is -0.397 e. The Hall–Kier alpha value is -1.66. The Morgan fingerprint density at radius 3 is 3.06 bits per heavy atom. The molecule has 0 aliphatic carbocycles. The van der Waals surface area contributed by atoms with Gasteiger partial charge in [-0.25, -0.2) is 0 Å². The first-order chi connectivity index (χ1) is 7.81. The predicted molar refractivity (Wildman–Crippen MR) is 66.3 cm³/mol. The summed E-state index contributed by atoms with van der Waals surface area (Å²) in [6.07, 6.45) is 6.08. The van der Waals surface area contributed by atoms with Crippen LogP contribution in [-0.2, 0) is 4.74 Å². The highest BCUT2D eigenvalue weighted by atomic mass is 16.5. The average Bonchev–Trinajstić information content (AvgIpc) is 2.30. The van der Waals surface area contributed by atoms with Gasteiger partial charge in [0.2, 0.25) is 0 Å². The number of para-hydroxylation sites is 2. The standard InChI is InChI=1S/C13H16N2O/c1-2-5-11-10-15(8-9-16-11)13-7-4-3-6-12(13)14/h1,3-4,6-7,11H,5,8-10,14H2. The molecule has 1 unspecified atom stereocenters. The van der Waals surface area contributed by atoms with Crippen molar-refractivity contribution in [1.29, 1.82) is 0 Å². The molecule has 1 aromatic carbocycles. The second kappa shape index (κ2) is 4.91. The van der Waals surface area contributed by atoms with Crippen LogP contribution < -0.4 is 10.6 Å². The third-order valence-corrected chi connectivity index (χ3v) is 2.76. The van der Waals surface area contributed by atoms with E-state index in [1.54, 1.807) is 0 Å². The van der Waals surface area contributed by atoms with Crippen molar-refractivity contribution in [2.75, 3.05) is 30.3 Å². The number of rotatable bonds is 2. The maximum absolute atomic E-state index is 5.95. The van der Waals surface area contributed by atoms with Crippen LogP contribution >= 0.6 is 0 Å². The fourth-order valence-corrected chi connectivity index (χ4v) is 1.97. The summed E-state index contributed by atoms with van der Waals surface area (Å²) in [5, 5.41) is 0. The van der Waals surface area contributed by atoms with Gasteiger partial charge in [-0.3, -0.25) is 0 Å². The molecule has 2 rings (SSSR count). The zero-order valence-corrected chi connectivity index (χ0v) is 9.23. The van der Waals surface area contributed by atoms with Crippen LogP contribution in [0, 0.1) is 12.3 Å². The quantitative estimate of drug-likeness (QED) is 0.601. The predicted octanol–water partition coefficient (Wildman–Crippen LogP) is 1.50. The number of ether oxygens (including phenoxy) is 1. The van der Waals surface area contributed by atoms with Crippen LogP contribution in [0.25, 0.3) is 0 Å². The molecular formula is C13H16N2O. The van der Waals surface area contributed by atoms with E-state index in [0.717, 1.165) is 24.5 Å². The molecule has 1 aliphatic heterocycles. The number of anilines is 2. The van der Waals surface area contributed by atoms with Crippen molar-refractivity contribution < 1.29 is 4.74 Å². The van der Waals surface area contributed by atoms with Crippen LogP contribution in [0.4, 0.5) is 11.4 Å². The summed E-state index contributed by atoms with van der Waals surface area (Å²) < 4.78 is 5.58. The van der Waals surface area contributed by atoms with Gasteiger partial charge in [0, 0.05) is 19.5 Å². The third kappa shape index (κ3) is 2.29. The summed E-state index contributed by atoms with van der Waals surface area (Å²) in [6, 6.07) is 7.89. The maximum atomic E-state index is 5.95. The number of benzene rings is 1. The Morgan fingerprint density at radius 1 is 1.50 bits per heavy atom. The van der Waals surface area contributed by atoms with Crippen LogP contribution in [0.3, 0.4) is 0 Å². The van der Waals surface area contributed by atoms with E-state index in [9.17, 15) is 0 Å². The van der Waals surface area contributed by atoms with Crippen molar-refractivity contribution >= 4 is 11.4 Å². The molecule has 0 spiro atoms. The Balaban J connectivity index is 2.10. The molecular weight excluding hydrogens is 200 g/mol. The summed E-state index contributed by atoms with van der Waals surface area (Å²) in [5.74, 6) is 2.64. The lowest BCUT2D eigenvalue weighted by Gasteiger charge is -2.34. The first-order valence-corrected chi connectivity index (χ1v) is 5.46. The number of morpholine rings is 1. The summed E-state index contributed by atoms with van der Waals surface area (Å²) in [6.45, 7) is 2.40. The van der Waals surface area contributed by atoms with Crippen LogP contribution in [0.2, 0.25) is 0 Å². The smallest absolute Gasteiger partial charge is 0.0859 e. The molecule has 1 fully saturated rings. The van der Waals surface area contributed by atoms with Gasteiger partial charge in [-0.1, -0.05) is 12.1 Å². The van der Waals surface area contributed by atoms with Crippen LogP contribution in [0.15, 0.2) is 24.3 Å². The minimum absolute atomic E-state index is 0.123. The summed E-state index contributed by atoms with van der Waals surface area (Å²) in [7, 11) is 0. The summed E-state index contributed by atoms with van der Waals surface area (Å²) >= 11 is 0. The van der Waals surface area contributed by atoms with Gasteiger partial charge < -0.3 is 15.4 Å². The topological polar surface area (TPSA) is 38.5 Å². The number of nitrogens with zero attached hydrogens (tertiary/aromatic N) is 1. The van der Waals surface area contributed by atoms with E-state index in [-0.39, 0.29) is 6.10 Å². The first-order valence-electron chi connectivity index (χ1n) is 5.46. The van der Waals surface area contributed by atoms with Crippen molar-refractivity contribution in [2.45, 2.75) is 12.5 Å². The third-order valence-electron chi connectivity index (χ3n) is 2.76. The number of nitrogens with two attached hydrogens (primary N) is 1. The van der Waals surface area contributed by atoms with E-state index in [1.165, 1.54) is 0 Å². The molecule has 3 nitrogen and oxygen atoms in total.